The van der Waals surface area contributed by atoms with Crippen LogP contribution in [-0.2, 0) is 11.3 Å². The van der Waals surface area contributed by atoms with Gasteiger partial charge in [0.05, 0.1) is 5.56 Å². The highest BCUT2D eigenvalue weighted by Gasteiger charge is 2.18. The van der Waals surface area contributed by atoms with Crippen LogP contribution >= 0.6 is 0 Å². The lowest BCUT2D eigenvalue weighted by molar-refractivity contribution is -0.122. The summed E-state index contributed by atoms with van der Waals surface area (Å²) in [5, 5.41) is 5.51. The number of amides is 2. The van der Waals surface area contributed by atoms with Gasteiger partial charge in [-0.2, -0.15) is 0 Å². The van der Waals surface area contributed by atoms with Gasteiger partial charge in [0.2, 0.25) is 5.91 Å². The molecule has 8 heteroatoms. The summed E-state index contributed by atoms with van der Waals surface area (Å²) in [6.45, 7) is 2.44. The number of hydrogen-bond acceptors (Lipinski definition) is 4. The molecule has 0 bridgehead atoms. The van der Waals surface area contributed by atoms with E-state index in [1.54, 1.807) is 0 Å². The van der Waals surface area contributed by atoms with Gasteiger partial charge in [0.1, 0.15) is 12.4 Å². The van der Waals surface area contributed by atoms with Gasteiger partial charge in [-0.1, -0.05) is 0 Å². The second kappa shape index (κ2) is 9.47. The third-order valence-corrected chi connectivity index (χ3v) is 4.97. The minimum Gasteiger partial charge on any atom is -0.354 e. The molecule has 2 aromatic rings. The van der Waals surface area contributed by atoms with Gasteiger partial charge >= 0.3 is 0 Å². The Morgan fingerprint density at radius 2 is 1.93 bits per heavy atom. The summed E-state index contributed by atoms with van der Waals surface area (Å²) < 4.78 is 14.2. The fourth-order valence-electron chi connectivity index (χ4n) is 3.43. The Morgan fingerprint density at radius 1 is 1.17 bits per heavy atom. The van der Waals surface area contributed by atoms with Crippen LogP contribution in [0.2, 0.25) is 0 Å². The molecule has 154 valence electrons. The van der Waals surface area contributed by atoms with E-state index in [2.05, 4.69) is 22.6 Å². The maximum Gasteiger partial charge on any atom is 0.257 e. The topological polar surface area (TPSA) is 83.4 Å². The zero-order valence-corrected chi connectivity index (χ0v) is 16.4. The SMILES string of the molecule is CN1CCC[C@@H](CNC(=O)Cn2cc(C(=O)Nc3ccc(F)cc3)ccc2=O)C1. The fourth-order valence-corrected chi connectivity index (χ4v) is 3.43. The molecular formula is C21H25FN4O3. The molecule has 0 saturated carbocycles. The van der Waals surface area contributed by atoms with Crippen LogP contribution in [-0.4, -0.2) is 48.0 Å². The van der Waals surface area contributed by atoms with E-state index in [0.717, 1.165) is 25.9 Å². The Hall–Kier alpha value is -3.00. The first-order chi connectivity index (χ1) is 13.9. The van der Waals surface area contributed by atoms with E-state index in [0.29, 0.717) is 18.2 Å². The molecule has 1 aliphatic rings. The molecule has 1 aliphatic heterocycles. The summed E-state index contributed by atoms with van der Waals surface area (Å²) in [7, 11) is 2.07. The van der Waals surface area contributed by atoms with E-state index in [9.17, 15) is 18.8 Å². The number of aromatic nitrogens is 1. The van der Waals surface area contributed by atoms with Crippen LogP contribution in [0.3, 0.4) is 0 Å². The van der Waals surface area contributed by atoms with Gasteiger partial charge in [0.25, 0.3) is 11.5 Å². The Morgan fingerprint density at radius 3 is 2.66 bits per heavy atom. The molecule has 0 aliphatic carbocycles. The van der Waals surface area contributed by atoms with E-state index in [1.165, 1.54) is 47.2 Å². The number of nitrogens with one attached hydrogen (secondary N) is 2. The molecule has 2 heterocycles. The van der Waals surface area contributed by atoms with Crippen LogP contribution < -0.4 is 16.2 Å². The van der Waals surface area contributed by atoms with Gasteiger partial charge in [-0.25, -0.2) is 4.39 Å². The van der Waals surface area contributed by atoms with Crippen molar-refractivity contribution in [2.45, 2.75) is 19.4 Å². The van der Waals surface area contributed by atoms with Gasteiger partial charge in [0.15, 0.2) is 0 Å². The van der Waals surface area contributed by atoms with Gasteiger partial charge in [0, 0.05) is 31.0 Å². The molecule has 1 fully saturated rings. The number of likely N-dealkylation sites (tertiary alicyclic amines) is 1. The standard InChI is InChI=1S/C21H25FN4O3/c1-25-10-2-3-15(12-25)11-23-19(27)14-26-13-16(4-9-20(26)28)21(29)24-18-7-5-17(22)6-8-18/h4-9,13,15H,2-3,10-12,14H2,1H3,(H,23,27)(H,24,29)/t15-/m0/s1. The normalized spacial score (nSPS) is 17.0. The van der Waals surface area contributed by atoms with E-state index in [1.807, 2.05) is 0 Å². The van der Waals surface area contributed by atoms with E-state index >= 15 is 0 Å². The van der Waals surface area contributed by atoms with Crippen molar-refractivity contribution in [2.75, 3.05) is 32.0 Å². The third kappa shape index (κ3) is 5.99. The van der Waals surface area contributed by atoms with Crippen molar-refractivity contribution in [3.63, 3.8) is 0 Å². The van der Waals surface area contributed by atoms with Crippen molar-refractivity contribution in [3.8, 4) is 0 Å². The molecule has 0 unspecified atom stereocenters. The lowest BCUT2D eigenvalue weighted by Crippen LogP contribution is -2.40. The second-order valence-corrected chi connectivity index (χ2v) is 7.42. The molecular weight excluding hydrogens is 375 g/mol. The fraction of sp³-hybridized carbons (Fsp3) is 0.381. The minimum atomic E-state index is -0.448. The number of carbonyl (C=O) groups is 2. The second-order valence-electron chi connectivity index (χ2n) is 7.42. The molecule has 1 saturated heterocycles. The summed E-state index contributed by atoms with van der Waals surface area (Å²) in [5.74, 6) is -0.711. The van der Waals surface area contributed by atoms with Crippen LogP contribution in [0.1, 0.15) is 23.2 Å². The number of pyridine rings is 1. The maximum atomic E-state index is 13.0. The van der Waals surface area contributed by atoms with E-state index in [-0.39, 0.29) is 23.6 Å². The predicted molar refractivity (Wildman–Crippen MR) is 108 cm³/mol. The van der Waals surface area contributed by atoms with Crippen molar-refractivity contribution >= 4 is 17.5 Å². The molecule has 2 amide bonds. The summed E-state index contributed by atoms with van der Waals surface area (Å²) in [4.78, 5) is 39.0. The number of hydrogen-bond donors (Lipinski definition) is 2. The first kappa shape index (κ1) is 20.7. The molecule has 0 radical (unpaired) electrons. The third-order valence-electron chi connectivity index (χ3n) is 4.97. The Balaban J connectivity index is 1.59. The van der Waals surface area contributed by atoms with Crippen LogP contribution in [0.25, 0.3) is 0 Å². The van der Waals surface area contributed by atoms with Crippen molar-refractivity contribution in [1.82, 2.24) is 14.8 Å². The van der Waals surface area contributed by atoms with Gasteiger partial charge in [-0.3, -0.25) is 14.4 Å². The number of rotatable bonds is 6. The summed E-state index contributed by atoms with van der Waals surface area (Å²) in [6, 6.07) is 8.02. The zero-order valence-electron chi connectivity index (χ0n) is 16.4. The van der Waals surface area contributed by atoms with Gasteiger partial charge < -0.3 is 20.1 Å². The Kier molecular flexibility index (Phi) is 6.77. The lowest BCUT2D eigenvalue weighted by Gasteiger charge is -2.29. The van der Waals surface area contributed by atoms with E-state index in [4.69, 9.17) is 0 Å². The van der Waals surface area contributed by atoms with Crippen molar-refractivity contribution < 1.29 is 14.0 Å². The number of piperidine rings is 1. The minimum absolute atomic E-state index is 0.154. The largest absolute Gasteiger partial charge is 0.354 e. The average Bonchev–Trinajstić information content (AvgIpc) is 2.70. The van der Waals surface area contributed by atoms with E-state index < -0.39 is 11.7 Å². The van der Waals surface area contributed by atoms with Gasteiger partial charge in [-0.15, -0.1) is 0 Å². The molecule has 29 heavy (non-hydrogen) atoms. The highest BCUT2D eigenvalue weighted by molar-refractivity contribution is 6.04. The molecule has 1 aromatic heterocycles. The smallest absolute Gasteiger partial charge is 0.257 e. The molecule has 2 N–H and O–H groups in total. The number of halogens is 1. The Bertz CT molecular complexity index is 926. The zero-order chi connectivity index (χ0) is 20.8. The highest BCUT2D eigenvalue weighted by atomic mass is 19.1. The molecule has 3 rings (SSSR count). The first-order valence-electron chi connectivity index (χ1n) is 9.63. The van der Waals surface area contributed by atoms with Gasteiger partial charge in [-0.05, 0) is 62.7 Å². The maximum absolute atomic E-state index is 13.0. The number of anilines is 1. The summed E-state index contributed by atoms with van der Waals surface area (Å²) in [5.41, 5.74) is 0.302. The molecule has 1 aromatic carbocycles. The van der Waals surface area contributed by atoms with Crippen molar-refractivity contribution in [3.05, 3.63) is 64.3 Å². The summed E-state index contributed by atoms with van der Waals surface area (Å²) >= 11 is 0. The molecule has 0 spiro atoms. The number of nitrogens with zero attached hydrogens (tertiary/aromatic N) is 2. The quantitative estimate of drug-likeness (QED) is 0.773. The first-order valence-corrected chi connectivity index (χ1v) is 9.63. The monoisotopic (exact) mass is 400 g/mol. The Labute approximate surface area is 168 Å². The number of carbonyl (C=O) groups excluding carboxylic acids is 2. The van der Waals surface area contributed by atoms with Crippen molar-refractivity contribution in [1.29, 1.82) is 0 Å². The van der Waals surface area contributed by atoms with Crippen LogP contribution in [0.15, 0.2) is 47.4 Å². The lowest BCUT2D eigenvalue weighted by atomic mass is 9.98. The molecule has 7 nitrogen and oxygen atoms in total. The predicted octanol–water partition coefficient (Wildman–Crippen LogP) is 1.70. The summed E-state index contributed by atoms with van der Waals surface area (Å²) in [6.07, 6.45) is 3.54. The average molecular weight is 400 g/mol. The van der Waals surface area contributed by atoms with Crippen LogP contribution in [0.5, 0.6) is 0 Å². The van der Waals surface area contributed by atoms with Crippen LogP contribution in [0, 0.1) is 11.7 Å². The number of benzene rings is 1. The highest BCUT2D eigenvalue weighted by Crippen LogP contribution is 2.14. The van der Waals surface area contributed by atoms with Crippen molar-refractivity contribution in [2.24, 2.45) is 5.92 Å². The molecule has 1 atom stereocenters. The van der Waals surface area contributed by atoms with Crippen LogP contribution in [0.4, 0.5) is 10.1 Å².